The molecule has 3 heteroatoms. The van der Waals surface area contributed by atoms with Crippen LogP contribution in [-0.4, -0.2) is 18.1 Å². The number of hydrogen-bond donors (Lipinski definition) is 1. The lowest BCUT2D eigenvalue weighted by Gasteiger charge is -2.29. The minimum absolute atomic E-state index is 0.0513. The van der Waals surface area contributed by atoms with Crippen molar-refractivity contribution in [1.29, 1.82) is 0 Å². The van der Waals surface area contributed by atoms with E-state index >= 15 is 0 Å². The van der Waals surface area contributed by atoms with E-state index in [2.05, 4.69) is 17.4 Å². The lowest BCUT2D eigenvalue weighted by Crippen LogP contribution is -2.39. The van der Waals surface area contributed by atoms with Crippen molar-refractivity contribution in [3.63, 3.8) is 0 Å². The smallest absolute Gasteiger partial charge is 0.251 e. The molecule has 2 aliphatic rings. The summed E-state index contributed by atoms with van der Waals surface area (Å²) in [4.78, 5) is 12.5. The second-order valence-electron chi connectivity index (χ2n) is 7.72. The Bertz CT molecular complexity index is 714. The van der Waals surface area contributed by atoms with E-state index in [1.807, 2.05) is 42.5 Å². The fraction of sp³-hybridized carbons (Fsp3) is 0.435. The number of carbonyl (C=O) groups excluding carboxylic acids is 1. The van der Waals surface area contributed by atoms with Crippen molar-refractivity contribution in [2.24, 2.45) is 5.92 Å². The third-order valence-corrected chi connectivity index (χ3v) is 5.49. The molecule has 0 unspecified atom stereocenters. The maximum atomic E-state index is 12.5. The van der Waals surface area contributed by atoms with Crippen LogP contribution in [0.4, 0.5) is 0 Å². The van der Waals surface area contributed by atoms with Gasteiger partial charge < -0.3 is 10.1 Å². The molecule has 0 bridgehead atoms. The summed E-state index contributed by atoms with van der Waals surface area (Å²) in [5.74, 6) is 1.87. The molecule has 4 rings (SSSR count). The third kappa shape index (κ3) is 4.66. The van der Waals surface area contributed by atoms with Crippen molar-refractivity contribution < 1.29 is 9.53 Å². The van der Waals surface area contributed by atoms with E-state index in [1.165, 1.54) is 18.4 Å². The van der Waals surface area contributed by atoms with Crippen LogP contribution in [0, 0.1) is 5.92 Å². The highest BCUT2D eigenvalue weighted by molar-refractivity contribution is 5.94. The standard InChI is InChI=1S/C23H27NO2/c25-23(19-10-8-18(9-11-19)16-17-6-7-17)24-20-12-14-22(15-13-20)26-21-4-2-1-3-5-21/h1-5,8-11,17,20,22H,6-7,12-16H2,(H,24,25). The molecule has 1 amide bonds. The van der Waals surface area contributed by atoms with Gasteiger partial charge in [-0.3, -0.25) is 4.79 Å². The number of para-hydroxylation sites is 1. The summed E-state index contributed by atoms with van der Waals surface area (Å²) < 4.78 is 6.03. The topological polar surface area (TPSA) is 38.3 Å². The number of amides is 1. The van der Waals surface area contributed by atoms with E-state index in [4.69, 9.17) is 4.74 Å². The Labute approximate surface area is 155 Å². The molecule has 0 heterocycles. The number of carbonyl (C=O) groups is 1. The molecule has 2 aromatic carbocycles. The van der Waals surface area contributed by atoms with Crippen molar-refractivity contribution in [2.75, 3.05) is 0 Å². The second kappa shape index (κ2) is 7.94. The number of hydrogen-bond acceptors (Lipinski definition) is 2. The maximum Gasteiger partial charge on any atom is 0.251 e. The van der Waals surface area contributed by atoms with Crippen LogP contribution >= 0.6 is 0 Å². The summed E-state index contributed by atoms with van der Waals surface area (Å²) in [6.45, 7) is 0. The van der Waals surface area contributed by atoms with Gasteiger partial charge in [-0.1, -0.05) is 30.3 Å². The van der Waals surface area contributed by atoms with Crippen LogP contribution in [-0.2, 0) is 6.42 Å². The first kappa shape index (κ1) is 17.1. The number of nitrogens with one attached hydrogen (secondary N) is 1. The van der Waals surface area contributed by atoms with Crippen LogP contribution in [0.5, 0.6) is 5.75 Å². The van der Waals surface area contributed by atoms with Gasteiger partial charge in [0.15, 0.2) is 0 Å². The van der Waals surface area contributed by atoms with Crippen molar-refractivity contribution in [3.8, 4) is 5.75 Å². The van der Waals surface area contributed by atoms with Crippen molar-refractivity contribution in [2.45, 2.75) is 57.1 Å². The zero-order chi connectivity index (χ0) is 17.8. The summed E-state index contributed by atoms with van der Waals surface area (Å²) >= 11 is 0. The van der Waals surface area contributed by atoms with E-state index in [1.54, 1.807) is 0 Å². The first-order chi connectivity index (χ1) is 12.8. The Morgan fingerprint density at radius 3 is 2.23 bits per heavy atom. The molecule has 2 fully saturated rings. The normalized spacial score (nSPS) is 22.6. The van der Waals surface area contributed by atoms with Crippen LogP contribution in [0.2, 0.25) is 0 Å². The molecule has 136 valence electrons. The average Bonchev–Trinajstić information content (AvgIpc) is 3.49. The van der Waals surface area contributed by atoms with E-state index in [9.17, 15) is 4.79 Å². The molecular weight excluding hydrogens is 322 g/mol. The summed E-state index contributed by atoms with van der Waals surface area (Å²) in [7, 11) is 0. The molecule has 26 heavy (non-hydrogen) atoms. The SMILES string of the molecule is O=C(NC1CCC(Oc2ccccc2)CC1)c1ccc(CC2CC2)cc1. The minimum Gasteiger partial charge on any atom is -0.490 e. The van der Waals surface area contributed by atoms with Crippen molar-refractivity contribution in [3.05, 3.63) is 65.7 Å². The fourth-order valence-electron chi connectivity index (χ4n) is 3.73. The van der Waals surface area contributed by atoms with Gasteiger partial charge in [-0.05, 0) is 80.7 Å². The second-order valence-corrected chi connectivity index (χ2v) is 7.72. The molecule has 3 nitrogen and oxygen atoms in total. The number of benzene rings is 2. The zero-order valence-electron chi connectivity index (χ0n) is 15.2. The molecule has 2 saturated carbocycles. The Kier molecular flexibility index (Phi) is 5.24. The molecule has 1 N–H and O–H groups in total. The molecule has 0 aliphatic heterocycles. The zero-order valence-corrected chi connectivity index (χ0v) is 15.2. The molecular formula is C23H27NO2. The molecule has 0 radical (unpaired) electrons. The summed E-state index contributed by atoms with van der Waals surface area (Å²) in [5.41, 5.74) is 2.12. The van der Waals surface area contributed by atoms with Gasteiger partial charge in [-0.15, -0.1) is 0 Å². The predicted octanol–water partition coefficient (Wildman–Crippen LogP) is 4.76. The summed E-state index contributed by atoms with van der Waals surface area (Å²) in [6, 6.07) is 18.4. The molecule has 2 aliphatic carbocycles. The third-order valence-electron chi connectivity index (χ3n) is 5.49. The van der Waals surface area contributed by atoms with Crippen LogP contribution in [0.3, 0.4) is 0 Å². The molecule has 0 saturated heterocycles. The first-order valence-electron chi connectivity index (χ1n) is 9.88. The van der Waals surface area contributed by atoms with Crippen LogP contribution in [0.15, 0.2) is 54.6 Å². The Morgan fingerprint density at radius 1 is 0.885 bits per heavy atom. The molecule has 0 atom stereocenters. The van der Waals surface area contributed by atoms with Gasteiger partial charge in [0, 0.05) is 11.6 Å². The van der Waals surface area contributed by atoms with E-state index < -0.39 is 0 Å². The summed E-state index contributed by atoms with van der Waals surface area (Å²) in [5, 5.41) is 3.20. The Balaban J connectivity index is 1.23. The quantitative estimate of drug-likeness (QED) is 0.816. The predicted molar refractivity (Wildman–Crippen MR) is 103 cm³/mol. The summed E-state index contributed by atoms with van der Waals surface area (Å²) in [6.07, 6.45) is 8.06. The van der Waals surface area contributed by atoms with E-state index in [-0.39, 0.29) is 18.1 Å². The van der Waals surface area contributed by atoms with Crippen LogP contribution < -0.4 is 10.1 Å². The van der Waals surface area contributed by atoms with E-state index in [0.29, 0.717) is 0 Å². The van der Waals surface area contributed by atoms with Gasteiger partial charge in [0.1, 0.15) is 5.75 Å². The first-order valence-corrected chi connectivity index (χ1v) is 9.88. The monoisotopic (exact) mass is 349 g/mol. The number of ether oxygens (including phenoxy) is 1. The highest BCUT2D eigenvalue weighted by atomic mass is 16.5. The van der Waals surface area contributed by atoms with Gasteiger partial charge in [0.05, 0.1) is 6.10 Å². The lowest BCUT2D eigenvalue weighted by molar-refractivity contribution is 0.0894. The fourth-order valence-corrected chi connectivity index (χ4v) is 3.73. The highest BCUT2D eigenvalue weighted by Gasteiger charge is 2.24. The van der Waals surface area contributed by atoms with Gasteiger partial charge in [-0.25, -0.2) is 0 Å². The Hall–Kier alpha value is -2.29. The largest absolute Gasteiger partial charge is 0.490 e. The van der Waals surface area contributed by atoms with Gasteiger partial charge in [-0.2, -0.15) is 0 Å². The van der Waals surface area contributed by atoms with Gasteiger partial charge >= 0.3 is 0 Å². The molecule has 0 aromatic heterocycles. The Morgan fingerprint density at radius 2 is 1.58 bits per heavy atom. The van der Waals surface area contributed by atoms with Crippen molar-refractivity contribution in [1.82, 2.24) is 5.32 Å². The van der Waals surface area contributed by atoms with Crippen LogP contribution in [0.25, 0.3) is 0 Å². The van der Waals surface area contributed by atoms with Gasteiger partial charge in [0.25, 0.3) is 5.91 Å². The average molecular weight is 349 g/mol. The maximum absolute atomic E-state index is 12.5. The van der Waals surface area contributed by atoms with Crippen LogP contribution in [0.1, 0.15) is 54.4 Å². The van der Waals surface area contributed by atoms with E-state index in [0.717, 1.165) is 49.3 Å². The highest BCUT2D eigenvalue weighted by Crippen LogP contribution is 2.32. The minimum atomic E-state index is 0.0513. The molecule has 2 aromatic rings. The van der Waals surface area contributed by atoms with Crippen molar-refractivity contribution >= 4 is 5.91 Å². The molecule has 0 spiro atoms. The van der Waals surface area contributed by atoms with Gasteiger partial charge in [0.2, 0.25) is 0 Å². The lowest BCUT2D eigenvalue weighted by atomic mass is 9.92. The number of rotatable bonds is 6.